The molecule has 1 aliphatic rings. The lowest BCUT2D eigenvalue weighted by Crippen LogP contribution is -2.21. The topological polar surface area (TPSA) is 40.0 Å². The van der Waals surface area contributed by atoms with Crippen LogP contribution >= 0.6 is 15.9 Å². The molecule has 32 heavy (non-hydrogen) atoms. The molecule has 0 saturated carbocycles. The Hall–Kier alpha value is -3.31. The van der Waals surface area contributed by atoms with E-state index in [2.05, 4.69) is 34.1 Å². The number of fused-ring (bicyclic) bond motifs is 2. The molecule has 5 heteroatoms. The van der Waals surface area contributed by atoms with E-state index in [9.17, 15) is 0 Å². The zero-order valence-corrected chi connectivity index (χ0v) is 19.7. The van der Waals surface area contributed by atoms with Crippen molar-refractivity contribution < 1.29 is 14.2 Å². The summed E-state index contributed by atoms with van der Waals surface area (Å²) in [4.78, 5) is 5.07. The Morgan fingerprint density at radius 3 is 2.25 bits per heavy atom. The van der Waals surface area contributed by atoms with Crippen LogP contribution < -0.4 is 14.2 Å². The molecule has 0 bridgehead atoms. The van der Waals surface area contributed by atoms with Gasteiger partial charge in [-0.05, 0) is 35.2 Å². The molecule has 4 aromatic carbocycles. The lowest BCUT2D eigenvalue weighted by atomic mass is 9.85. The zero-order chi connectivity index (χ0) is 22.2. The van der Waals surface area contributed by atoms with Crippen molar-refractivity contribution in [2.75, 3.05) is 21.3 Å². The summed E-state index contributed by atoms with van der Waals surface area (Å²) in [6, 6.07) is 22.4. The van der Waals surface area contributed by atoms with Gasteiger partial charge in [0, 0.05) is 33.0 Å². The Morgan fingerprint density at radius 1 is 0.750 bits per heavy atom. The first-order valence-corrected chi connectivity index (χ1v) is 11.1. The van der Waals surface area contributed by atoms with Gasteiger partial charge in [0.2, 0.25) is 0 Å². The van der Waals surface area contributed by atoms with Gasteiger partial charge >= 0.3 is 0 Å². The third-order valence-electron chi connectivity index (χ3n) is 5.89. The normalized spacial score (nSPS) is 13.6. The molecule has 160 valence electrons. The largest absolute Gasteiger partial charge is 0.496 e. The molecule has 0 N–H and O–H groups in total. The van der Waals surface area contributed by atoms with Gasteiger partial charge in [-0.3, -0.25) is 4.99 Å². The number of benzene rings is 4. The monoisotopic (exact) mass is 487 g/mol. The fraction of sp³-hybridized carbons (Fsp3) is 0.148. The van der Waals surface area contributed by atoms with Gasteiger partial charge in [0.05, 0.1) is 32.7 Å². The maximum atomic E-state index is 5.79. The summed E-state index contributed by atoms with van der Waals surface area (Å²) in [6.07, 6.45) is 0.771. The zero-order valence-electron chi connectivity index (χ0n) is 18.1. The fourth-order valence-electron chi connectivity index (χ4n) is 4.38. The third kappa shape index (κ3) is 3.24. The van der Waals surface area contributed by atoms with Crippen molar-refractivity contribution in [2.24, 2.45) is 4.99 Å². The van der Waals surface area contributed by atoms with Crippen LogP contribution in [-0.2, 0) is 6.42 Å². The number of ether oxygens (including phenoxy) is 3. The lowest BCUT2D eigenvalue weighted by molar-refractivity contribution is 0.357. The average Bonchev–Trinajstić information content (AvgIpc) is 2.81. The van der Waals surface area contributed by atoms with E-state index in [0.29, 0.717) is 5.75 Å². The van der Waals surface area contributed by atoms with Gasteiger partial charge in [-0.2, -0.15) is 0 Å². The second-order valence-electron chi connectivity index (χ2n) is 7.56. The Bertz CT molecular complexity index is 1360. The maximum absolute atomic E-state index is 5.79. The van der Waals surface area contributed by atoms with E-state index >= 15 is 0 Å². The number of aliphatic imine (C=N–C) groups is 1. The summed E-state index contributed by atoms with van der Waals surface area (Å²) in [5.74, 6) is 2.30. The smallest absolute Gasteiger partial charge is 0.169 e. The molecule has 5 rings (SSSR count). The average molecular weight is 488 g/mol. The first-order chi connectivity index (χ1) is 15.7. The highest BCUT2D eigenvalue weighted by molar-refractivity contribution is 9.10. The van der Waals surface area contributed by atoms with E-state index < -0.39 is 0 Å². The van der Waals surface area contributed by atoms with Gasteiger partial charge in [-0.1, -0.05) is 58.4 Å². The second-order valence-corrected chi connectivity index (χ2v) is 8.42. The molecule has 0 radical (unpaired) electrons. The van der Waals surface area contributed by atoms with E-state index in [1.54, 1.807) is 21.3 Å². The van der Waals surface area contributed by atoms with E-state index in [4.69, 9.17) is 19.2 Å². The predicted molar refractivity (Wildman–Crippen MR) is 133 cm³/mol. The van der Waals surface area contributed by atoms with Crippen LogP contribution in [0.25, 0.3) is 21.9 Å². The number of halogens is 1. The molecule has 1 aliphatic carbocycles. The quantitative estimate of drug-likeness (QED) is 0.305. The van der Waals surface area contributed by atoms with Crippen LogP contribution in [0, 0.1) is 0 Å². The van der Waals surface area contributed by atoms with Gasteiger partial charge < -0.3 is 14.2 Å². The summed E-state index contributed by atoms with van der Waals surface area (Å²) in [5, 5.41) is 2.09. The minimum Gasteiger partial charge on any atom is -0.496 e. The standard InChI is InChI=1S/C27H22BrNO3/c1-30-23-13-12-20(28)26-19(23)14-22(26)29-21-11-7-10-17-18(21)15-24(31-2)27(32-3)25(17)16-8-5-4-6-9-16/h4-13,15H,14H2,1-3H3. The van der Waals surface area contributed by atoms with Crippen LogP contribution in [-0.4, -0.2) is 27.0 Å². The number of hydrogen-bond donors (Lipinski definition) is 0. The molecular formula is C27H22BrNO3. The van der Waals surface area contributed by atoms with Gasteiger partial charge in [0.15, 0.2) is 11.5 Å². The van der Waals surface area contributed by atoms with E-state index in [1.165, 1.54) is 5.56 Å². The molecular weight excluding hydrogens is 466 g/mol. The van der Waals surface area contributed by atoms with Gasteiger partial charge in [0.25, 0.3) is 0 Å². The summed E-state index contributed by atoms with van der Waals surface area (Å²) in [7, 11) is 5.04. The lowest BCUT2D eigenvalue weighted by Gasteiger charge is -2.25. The highest BCUT2D eigenvalue weighted by Crippen LogP contribution is 2.47. The van der Waals surface area contributed by atoms with Crippen LogP contribution in [0.3, 0.4) is 0 Å². The van der Waals surface area contributed by atoms with Crippen molar-refractivity contribution in [1.82, 2.24) is 0 Å². The summed E-state index contributed by atoms with van der Waals surface area (Å²) in [6.45, 7) is 0. The van der Waals surface area contributed by atoms with Crippen LogP contribution in [0.1, 0.15) is 11.1 Å². The molecule has 0 unspecified atom stereocenters. The predicted octanol–water partition coefficient (Wildman–Crippen LogP) is 6.97. The molecule has 0 atom stereocenters. The van der Waals surface area contributed by atoms with Gasteiger partial charge in [-0.15, -0.1) is 0 Å². The first kappa shape index (κ1) is 20.6. The highest BCUT2D eigenvalue weighted by atomic mass is 79.9. The van der Waals surface area contributed by atoms with E-state index in [0.717, 1.165) is 61.3 Å². The van der Waals surface area contributed by atoms with Crippen molar-refractivity contribution in [1.29, 1.82) is 0 Å². The Balaban J connectivity index is 1.74. The molecule has 0 heterocycles. The van der Waals surface area contributed by atoms with Gasteiger partial charge in [0.1, 0.15) is 5.75 Å². The van der Waals surface area contributed by atoms with Crippen LogP contribution in [0.2, 0.25) is 0 Å². The molecule has 0 aliphatic heterocycles. The molecule has 0 aromatic heterocycles. The van der Waals surface area contributed by atoms with Crippen molar-refractivity contribution in [3.05, 3.63) is 82.3 Å². The Morgan fingerprint density at radius 2 is 1.53 bits per heavy atom. The second kappa shape index (κ2) is 8.32. The van der Waals surface area contributed by atoms with Crippen molar-refractivity contribution >= 4 is 38.1 Å². The van der Waals surface area contributed by atoms with Gasteiger partial charge in [-0.25, -0.2) is 0 Å². The third-order valence-corrected chi connectivity index (χ3v) is 6.55. The van der Waals surface area contributed by atoms with Crippen LogP contribution in [0.15, 0.2) is 76.2 Å². The molecule has 0 saturated heterocycles. The minimum absolute atomic E-state index is 0.684. The number of nitrogens with zero attached hydrogens (tertiary/aromatic N) is 1. The van der Waals surface area contributed by atoms with E-state index in [-0.39, 0.29) is 0 Å². The fourth-order valence-corrected chi connectivity index (χ4v) is 4.98. The molecule has 0 fully saturated rings. The molecule has 4 aromatic rings. The van der Waals surface area contributed by atoms with E-state index in [1.807, 2.05) is 48.5 Å². The van der Waals surface area contributed by atoms with Crippen LogP contribution in [0.5, 0.6) is 17.2 Å². The van der Waals surface area contributed by atoms with Crippen molar-refractivity contribution in [3.63, 3.8) is 0 Å². The Labute approximate surface area is 195 Å². The minimum atomic E-state index is 0.684. The molecule has 4 nitrogen and oxygen atoms in total. The van der Waals surface area contributed by atoms with Crippen molar-refractivity contribution in [2.45, 2.75) is 6.42 Å². The van der Waals surface area contributed by atoms with Crippen molar-refractivity contribution in [3.8, 4) is 28.4 Å². The summed E-state index contributed by atoms with van der Waals surface area (Å²) >= 11 is 3.68. The number of methoxy groups -OCH3 is 3. The highest BCUT2D eigenvalue weighted by Gasteiger charge is 2.28. The molecule has 0 amide bonds. The Kier molecular flexibility index (Phi) is 5.35. The summed E-state index contributed by atoms with van der Waals surface area (Å²) < 4.78 is 18.1. The molecule has 0 spiro atoms. The SMILES string of the molecule is COc1ccc(Br)c2c1CC2=Nc1cccc2c(-c3ccccc3)c(OC)c(OC)cc12. The van der Waals surface area contributed by atoms with Crippen LogP contribution in [0.4, 0.5) is 5.69 Å². The first-order valence-electron chi connectivity index (χ1n) is 10.3. The number of rotatable bonds is 5. The maximum Gasteiger partial charge on any atom is 0.169 e. The summed E-state index contributed by atoms with van der Waals surface area (Å²) in [5.41, 5.74) is 6.31. The number of hydrogen-bond acceptors (Lipinski definition) is 4.